The number of hydrogen-bond donors (Lipinski definition) is 0. The summed E-state index contributed by atoms with van der Waals surface area (Å²) in [5.41, 5.74) is 2.95. The molecule has 0 saturated heterocycles. The van der Waals surface area contributed by atoms with Gasteiger partial charge in [0.2, 0.25) is 0 Å². The molecular weight excluding hydrogens is 442 g/mol. The van der Waals surface area contributed by atoms with Gasteiger partial charge in [0.25, 0.3) is 5.69 Å². The molecule has 164 valence electrons. The molecule has 1 aromatic heterocycles. The Hall–Kier alpha value is -4.23. The molecule has 0 atom stereocenters. The van der Waals surface area contributed by atoms with Crippen LogP contribution < -0.4 is 4.74 Å². The fourth-order valence-corrected chi connectivity index (χ4v) is 3.45. The van der Waals surface area contributed by atoms with Crippen LogP contribution in [0.1, 0.15) is 15.9 Å². The van der Waals surface area contributed by atoms with E-state index >= 15 is 0 Å². The third-order valence-corrected chi connectivity index (χ3v) is 5.29. The molecule has 33 heavy (non-hydrogen) atoms. The van der Waals surface area contributed by atoms with Crippen molar-refractivity contribution in [1.82, 2.24) is 9.78 Å². The first-order valence-corrected chi connectivity index (χ1v) is 10.3. The van der Waals surface area contributed by atoms with Gasteiger partial charge in [0.1, 0.15) is 10.8 Å². The zero-order valence-corrected chi connectivity index (χ0v) is 18.3. The van der Waals surface area contributed by atoms with Gasteiger partial charge in [-0.3, -0.25) is 14.9 Å². The summed E-state index contributed by atoms with van der Waals surface area (Å²) in [6.07, 6.45) is 4.84. The number of ketones is 1. The van der Waals surface area contributed by atoms with Gasteiger partial charge in [0.05, 0.1) is 23.4 Å². The van der Waals surface area contributed by atoms with Crippen LogP contribution in [0.3, 0.4) is 0 Å². The zero-order chi connectivity index (χ0) is 23.4. The van der Waals surface area contributed by atoms with Crippen molar-refractivity contribution in [2.75, 3.05) is 7.11 Å². The van der Waals surface area contributed by atoms with Crippen molar-refractivity contribution >= 4 is 29.1 Å². The van der Waals surface area contributed by atoms with E-state index in [-0.39, 0.29) is 22.1 Å². The van der Waals surface area contributed by atoms with Crippen molar-refractivity contribution in [1.29, 1.82) is 0 Å². The summed E-state index contributed by atoms with van der Waals surface area (Å²) in [6, 6.07) is 21.0. The highest BCUT2D eigenvalue weighted by Crippen LogP contribution is 2.28. The molecule has 4 rings (SSSR count). The second-order valence-electron chi connectivity index (χ2n) is 7.06. The Morgan fingerprint density at radius 1 is 1.09 bits per heavy atom. The molecule has 0 fully saturated rings. The summed E-state index contributed by atoms with van der Waals surface area (Å²) in [7, 11) is 1.60. The summed E-state index contributed by atoms with van der Waals surface area (Å²) < 4.78 is 6.96. The van der Waals surface area contributed by atoms with E-state index in [4.69, 9.17) is 21.4 Å². The topological polar surface area (TPSA) is 87.3 Å². The Kier molecular flexibility index (Phi) is 6.33. The lowest BCUT2D eigenvalue weighted by atomic mass is 10.1. The van der Waals surface area contributed by atoms with Crippen molar-refractivity contribution in [3.8, 4) is 22.7 Å². The summed E-state index contributed by atoms with van der Waals surface area (Å²) in [4.78, 5) is 23.2. The maximum absolute atomic E-state index is 12.7. The van der Waals surface area contributed by atoms with Gasteiger partial charge >= 0.3 is 0 Å². The minimum Gasteiger partial charge on any atom is -0.497 e. The number of hydrogen-bond acceptors (Lipinski definition) is 5. The number of carbonyl (C=O) groups excluding carboxylic acids is 1. The Balaban J connectivity index is 1.72. The summed E-state index contributed by atoms with van der Waals surface area (Å²) in [6.45, 7) is 0. The molecule has 0 aliphatic carbocycles. The number of aromatic nitrogens is 2. The van der Waals surface area contributed by atoms with E-state index in [1.807, 2.05) is 60.8 Å². The lowest BCUT2D eigenvalue weighted by molar-refractivity contribution is -0.384. The number of methoxy groups -OCH3 is 1. The molecule has 4 aromatic rings. The number of nitro groups is 1. The molecule has 0 saturated carbocycles. The molecule has 0 radical (unpaired) electrons. The van der Waals surface area contributed by atoms with Gasteiger partial charge in [0, 0.05) is 29.0 Å². The summed E-state index contributed by atoms with van der Waals surface area (Å²) in [5, 5.41) is 15.8. The maximum Gasteiger partial charge on any atom is 0.288 e. The first kappa shape index (κ1) is 22.0. The first-order chi connectivity index (χ1) is 16.0. The Labute approximate surface area is 194 Å². The molecule has 0 unspecified atom stereocenters. The molecule has 7 nitrogen and oxygen atoms in total. The standard InChI is InChI=1S/C25H18ClN3O4/c1-33-21-11-7-17(8-12-21)25-19(16-28(27-25)20-5-3-2-4-6-20)10-14-24(30)18-9-13-22(26)23(15-18)29(31)32/h2-16H,1H3/b14-10+. The lowest BCUT2D eigenvalue weighted by Gasteiger charge is -2.03. The summed E-state index contributed by atoms with van der Waals surface area (Å²) >= 11 is 5.85. The first-order valence-electron chi connectivity index (χ1n) is 9.92. The average molecular weight is 460 g/mol. The normalized spacial score (nSPS) is 11.0. The minimum absolute atomic E-state index is 0.0218. The number of rotatable bonds is 7. The van der Waals surface area contributed by atoms with Crippen molar-refractivity contribution in [2.45, 2.75) is 0 Å². The third-order valence-electron chi connectivity index (χ3n) is 4.97. The highest BCUT2D eigenvalue weighted by Gasteiger charge is 2.16. The van der Waals surface area contributed by atoms with Crippen LogP contribution in [0.25, 0.3) is 23.0 Å². The van der Waals surface area contributed by atoms with Crippen molar-refractivity contribution in [2.24, 2.45) is 0 Å². The second kappa shape index (κ2) is 9.50. The maximum atomic E-state index is 12.7. The Bertz CT molecular complexity index is 1350. The zero-order valence-electron chi connectivity index (χ0n) is 17.5. The van der Waals surface area contributed by atoms with Crippen LogP contribution in [-0.2, 0) is 0 Å². The number of carbonyl (C=O) groups is 1. The minimum atomic E-state index is -0.617. The van der Waals surface area contributed by atoms with E-state index in [0.717, 1.165) is 17.0 Å². The molecule has 8 heteroatoms. The molecule has 0 N–H and O–H groups in total. The number of para-hydroxylation sites is 1. The van der Waals surface area contributed by atoms with E-state index in [0.29, 0.717) is 11.3 Å². The van der Waals surface area contributed by atoms with Gasteiger partial charge in [0.15, 0.2) is 5.78 Å². The molecule has 3 aromatic carbocycles. The van der Waals surface area contributed by atoms with E-state index in [2.05, 4.69) is 0 Å². The highest BCUT2D eigenvalue weighted by atomic mass is 35.5. The van der Waals surface area contributed by atoms with Crippen LogP contribution in [0.15, 0.2) is 85.1 Å². The van der Waals surface area contributed by atoms with Gasteiger partial charge in [-0.1, -0.05) is 29.8 Å². The van der Waals surface area contributed by atoms with Gasteiger partial charge in [-0.05, 0) is 60.7 Å². The number of benzene rings is 3. The number of nitrogens with zero attached hydrogens (tertiary/aromatic N) is 3. The average Bonchev–Trinajstić information content (AvgIpc) is 3.27. The van der Waals surface area contributed by atoms with Gasteiger partial charge in [-0.15, -0.1) is 0 Å². The molecular formula is C25H18ClN3O4. The Morgan fingerprint density at radius 3 is 2.48 bits per heavy atom. The number of nitro benzene ring substituents is 1. The highest BCUT2D eigenvalue weighted by molar-refractivity contribution is 6.32. The largest absolute Gasteiger partial charge is 0.497 e. The molecule has 0 aliphatic rings. The van der Waals surface area contributed by atoms with Crippen molar-refractivity contribution < 1.29 is 14.5 Å². The smallest absolute Gasteiger partial charge is 0.288 e. The molecule has 1 heterocycles. The molecule has 0 bridgehead atoms. The van der Waals surface area contributed by atoms with E-state index in [1.54, 1.807) is 17.9 Å². The van der Waals surface area contributed by atoms with Crippen LogP contribution >= 0.6 is 11.6 Å². The van der Waals surface area contributed by atoms with Crippen LogP contribution in [0.5, 0.6) is 5.75 Å². The summed E-state index contributed by atoms with van der Waals surface area (Å²) in [5.74, 6) is 0.334. The molecule has 0 amide bonds. The predicted octanol–water partition coefficient (Wildman–Crippen LogP) is 6.01. The fourth-order valence-electron chi connectivity index (χ4n) is 3.26. The third kappa shape index (κ3) is 4.83. The van der Waals surface area contributed by atoms with E-state index in [9.17, 15) is 14.9 Å². The fraction of sp³-hybridized carbons (Fsp3) is 0.0400. The monoisotopic (exact) mass is 459 g/mol. The van der Waals surface area contributed by atoms with Crippen LogP contribution in [0.4, 0.5) is 5.69 Å². The number of halogens is 1. The predicted molar refractivity (Wildman–Crippen MR) is 127 cm³/mol. The Morgan fingerprint density at radius 2 is 1.82 bits per heavy atom. The van der Waals surface area contributed by atoms with Crippen LogP contribution in [0, 0.1) is 10.1 Å². The lowest BCUT2D eigenvalue weighted by Crippen LogP contribution is -1.97. The van der Waals surface area contributed by atoms with E-state index < -0.39 is 4.92 Å². The SMILES string of the molecule is COc1ccc(-c2nn(-c3ccccc3)cc2/C=C/C(=O)c2ccc(Cl)c([N+](=O)[O-])c2)cc1. The van der Waals surface area contributed by atoms with Crippen molar-refractivity contribution in [3.05, 3.63) is 111 Å². The number of ether oxygens (including phenoxy) is 1. The molecule has 0 spiro atoms. The quantitative estimate of drug-likeness (QED) is 0.146. The van der Waals surface area contributed by atoms with Crippen molar-refractivity contribution in [3.63, 3.8) is 0 Å². The molecule has 0 aliphatic heterocycles. The van der Waals surface area contributed by atoms with Gasteiger partial charge < -0.3 is 4.74 Å². The second-order valence-corrected chi connectivity index (χ2v) is 7.47. The van der Waals surface area contributed by atoms with Crippen LogP contribution in [-0.4, -0.2) is 27.6 Å². The number of allylic oxidation sites excluding steroid dienone is 1. The van der Waals surface area contributed by atoms with Gasteiger partial charge in [-0.2, -0.15) is 5.10 Å². The van der Waals surface area contributed by atoms with Gasteiger partial charge in [-0.25, -0.2) is 4.68 Å². The van der Waals surface area contributed by atoms with Crippen LogP contribution in [0.2, 0.25) is 5.02 Å². The van der Waals surface area contributed by atoms with E-state index in [1.165, 1.54) is 24.3 Å².